The molecule has 6 heteroatoms. The van der Waals surface area contributed by atoms with Crippen molar-refractivity contribution in [1.82, 2.24) is 20.5 Å². The SMILES string of the molecule is CCCN1CCC(OCCNCCCNCC(C)Oc2cc(C)ccn2)CC1. The summed E-state index contributed by atoms with van der Waals surface area (Å²) < 4.78 is 11.8. The number of hydrogen-bond donors (Lipinski definition) is 2. The van der Waals surface area contributed by atoms with Crippen molar-refractivity contribution < 1.29 is 9.47 Å². The third-order valence-corrected chi connectivity index (χ3v) is 5.06. The van der Waals surface area contributed by atoms with Crippen LogP contribution in [-0.2, 0) is 4.74 Å². The van der Waals surface area contributed by atoms with Crippen molar-refractivity contribution in [3.05, 3.63) is 23.9 Å². The Labute approximate surface area is 171 Å². The van der Waals surface area contributed by atoms with Crippen molar-refractivity contribution in [2.45, 2.75) is 58.7 Å². The number of aryl methyl sites for hydroxylation is 1. The van der Waals surface area contributed by atoms with Crippen LogP contribution in [0.15, 0.2) is 18.3 Å². The van der Waals surface area contributed by atoms with Crippen LogP contribution in [0.1, 0.15) is 45.1 Å². The number of nitrogens with one attached hydrogen (secondary N) is 2. The Morgan fingerprint density at radius 3 is 2.75 bits per heavy atom. The monoisotopic (exact) mass is 392 g/mol. The first kappa shape index (κ1) is 23.1. The van der Waals surface area contributed by atoms with Crippen LogP contribution in [-0.4, -0.2) is 74.5 Å². The maximum atomic E-state index is 6.01. The third kappa shape index (κ3) is 9.82. The number of aromatic nitrogens is 1. The van der Waals surface area contributed by atoms with Crippen LogP contribution in [0.5, 0.6) is 5.88 Å². The molecule has 1 saturated heterocycles. The summed E-state index contributed by atoms with van der Waals surface area (Å²) in [6.07, 6.45) is 7.07. The molecule has 0 amide bonds. The largest absolute Gasteiger partial charge is 0.473 e. The summed E-state index contributed by atoms with van der Waals surface area (Å²) in [4.78, 5) is 6.79. The minimum Gasteiger partial charge on any atom is -0.473 e. The standard InChI is InChI=1S/C22H40N4O2/c1-4-13-26-14-7-21(8-15-26)27-16-12-23-9-5-10-24-18-20(3)28-22-17-19(2)6-11-25-22/h6,11,17,20-21,23-24H,4-5,7-10,12-16,18H2,1-3H3. The Bertz CT molecular complexity index is 521. The Kier molecular flexibility index (Phi) is 11.4. The smallest absolute Gasteiger partial charge is 0.213 e. The number of ether oxygens (including phenoxy) is 2. The van der Waals surface area contributed by atoms with Crippen molar-refractivity contribution >= 4 is 0 Å². The highest BCUT2D eigenvalue weighted by atomic mass is 16.5. The molecule has 1 aliphatic heterocycles. The van der Waals surface area contributed by atoms with Gasteiger partial charge < -0.3 is 25.0 Å². The molecule has 1 aliphatic rings. The summed E-state index contributed by atoms with van der Waals surface area (Å²) in [7, 11) is 0. The predicted octanol–water partition coefficient (Wildman–Crippen LogP) is 2.62. The lowest BCUT2D eigenvalue weighted by molar-refractivity contribution is 0.00928. The second kappa shape index (κ2) is 13.9. The zero-order valence-corrected chi connectivity index (χ0v) is 18.1. The van der Waals surface area contributed by atoms with Gasteiger partial charge in [0.05, 0.1) is 12.7 Å². The van der Waals surface area contributed by atoms with E-state index in [1.807, 2.05) is 19.1 Å². The molecule has 0 aromatic carbocycles. The van der Waals surface area contributed by atoms with Gasteiger partial charge in [0, 0.05) is 38.4 Å². The molecule has 6 nitrogen and oxygen atoms in total. The minimum absolute atomic E-state index is 0.111. The quantitative estimate of drug-likeness (QED) is 0.475. The van der Waals surface area contributed by atoms with Gasteiger partial charge in [-0.2, -0.15) is 0 Å². The highest BCUT2D eigenvalue weighted by Crippen LogP contribution is 2.13. The fourth-order valence-electron chi connectivity index (χ4n) is 3.50. The van der Waals surface area contributed by atoms with Crippen molar-refractivity contribution in [2.75, 3.05) is 52.4 Å². The topological polar surface area (TPSA) is 58.7 Å². The van der Waals surface area contributed by atoms with Crippen molar-refractivity contribution in [1.29, 1.82) is 0 Å². The Balaban J connectivity index is 1.38. The molecule has 0 bridgehead atoms. The van der Waals surface area contributed by atoms with Crippen LogP contribution < -0.4 is 15.4 Å². The molecule has 2 rings (SSSR count). The number of pyridine rings is 1. The van der Waals surface area contributed by atoms with Crippen molar-refractivity contribution in [2.24, 2.45) is 0 Å². The molecule has 1 fully saturated rings. The van der Waals surface area contributed by atoms with Gasteiger partial charge in [-0.1, -0.05) is 6.92 Å². The van der Waals surface area contributed by atoms with Crippen LogP contribution in [0.25, 0.3) is 0 Å². The van der Waals surface area contributed by atoms with E-state index >= 15 is 0 Å². The Hall–Kier alpha value is -1.21. The number of rotatable bonds is 14. The van der Waals surface area contributed by atoms with E-state index in [0.717, 1.165) is 39.2 Å². The lowest BCUT2D eigenvalue weighted by atomic mass is 10.1. The number of likely N-dealkylation sites (tertiary alicyclic amines) is 1. The zero-order valence-electron chi connectivity index (χ0n) is 18.1. The van der Waals surface area contributed by atoms with E-state index in [1.54, 1.807) is 6.20 Å². The van der Waals surface area contributed by atoms with Crippen LogP contribution in [0, 0.1) is 6.92 Å². The van der Waals surface area contributed by atoms with Crippen LogP contribution >= 0.6 is 0 Å². The summed E-state index contributed by atoms with van der Waals surface area (Å²) in [5.41, 5.74) is 1.17. The fraction of sp³-hybridized carbons (Fsp3) is 0.773. The summed E-state index contributed by atoms with van der Waals surface area (Å²) >= 11 is 0. The highest BCUT2D eigenvalue weighted by Gasteiger charge is 2.18. The van der Waals surface area contributed by atoms with Gasteiger partial charge in [0.2, 0.25) is 5.88 Å². The van der Waals surface area contributed by atoms with E-state index in [2.05, 4.69) is 34.4 Å². The molecular weight excluding hydrogens is 352 g/mol. The Morgan fingerprint density at radius 1 is 1.21 bits per heavy atom. The van der Waals surface area contributed by atoms with E-state index in [0.29, 0.717) is 12.0 Å². The lowest BCUT2D eigenvalue weighted by Gasteiger charge is -2.31. The van der Waals surface area contributed by atoms with Crippen LogP contribution in [0.3, 0.4) is 0 Å². The molecule has 1 atom stereocenters. The molecule has 160 valence electrons. The van der Waals surface area contributed by atoms with Gasteiger partial charge in [0.15, 0.2) is 0 Å². The lowest BCUT2D eigenvalue weighted by Crippen LogP contribution is -2.38. The maximum Gasteiger partial charge on any atom is 0.213 e. The van der Waals surface area contributed by atoms with E-state index in [4.69, 9.17) is 9.47 Å². The molecule has 1 unspecified atom stereocenters. The van der Waals surface area contributed by atoms with E-state index in [-0.39, 0.29) is 6.10 Å². The van der Waals surface area contributed by atoms with Gasteiger partial charge >= 0.3 is 0 Å². The number of piperidine rings is 1. The number of hydrogen-bond acceptors (Lipinski definition) is 6. The van der Waals surface area contributed by atoms with E-state index < -0.39 is 0 Å². The summed E-state index contributed by atoms with van der Waals surface area (Å²) in [6.45, 7) is 14.6. The molecule has 1 aromatic heterocycles. The van der Waals surface area contributed by atoms with Gasteiger partial charge in [-0.05, 0) is 70.8 Å². The van der Waals surface area contributed by atoms with Crippen LogP contribution in [0.4, 0.5) is 0 Å². The molecule has 0 aliphatic carbocycles. The summed E-state index contributed by atoms with van der Waals surface area (Å²) in [6, 6.07) is 3.95. The second-order valence-electron chi connectivity index (χ2n) is 7.82. The van der Waals surface area contributed by atoms with Crippen LogP contribution in [0.2, 0.25) is 0 Å². The minimum atomic E-state index is 0.111. The molecular formula is C22H40N4O2. The van der Waals surface area contributed by atoms with Gasteiger partial charge in [0.25, 0.3) is 0 Å². The normalized spacial score (nSPS) is 17.0. The third-order valence-electron chi connectivity index (χ3n) is 5.06. The number of nitrogens with zero attached hydrogens (tertiary/aromatic N) is 2. The van der Waals surface area contributed by atoms with E-state index in [1.165, 1.54) is 44.5 Å². The Morgan fingerprint density at radius 2 is 2.00 bits per heavy atom. The maximum absolute atomic E-state index is 6.01. The highest BCUT2D eigenvalue weighted by molar-refractivity contribution is 5.18. The first-order valence-electron chi connectivity index (χ1n) is 11.0. The predicted molar refractivity (Wildman–Crippen MR) is 115 cm³/mol. The van der Waals surface area contributed by atoms with E-state index in [9.17, 15) is 0 Å². The second-order valence-corrected chi connectivity index (χ2v) is 7.82. The van der Waals surface area contributed by atoms with Gasteiger partial charge in [0.1, 0.15) is 6.10 Å². The molecule has 0 radical (unpaired) electrons. The van der Waals surface area contributed by atoms with Gasteiger partial charge in [-0.25, -0.2) is 4.98 Å². The molecule has 2 N–H and O–H groups in total. The average Bonchev–Trinajstić information content (AvgIpc) is 2.68. The zero-order chi connectivity index (χ0) is 20.0. The van der Waals surface area contributed by atoms with Gasteiger partial charge in [-0.15, -0.1) is 0 Å². The first-order chi connectivity index (χ1) is 13.7. The first-order valence-corrected chi connectivity index (χ1v) is 11.0. The fourth-order valence-corrected chi connectivity index (χ4v) is 3.50. The molecule has 0 saturated carbocycles. The van der Waals surface area contributed by atoms with Gasteiger partial charge in [-0.3, -0.25) is 0 Å². The van der Waals surface area contributed by atoms with Crippen molar-refractivity contribution in [3.63, 3.8) is 0 Å². The molecule has 28 heavy (non-hydrogen) atoms. The summed E-state index contributed by atoms with van der Waals surface area (Å²) in [5, 5.41) is 6.92. The summed E-state index contributed by atoms with van der Waals surface area (Å²) in [5.74, 6) is 0.701. The molecule has 0 spiro atoms. The molecule has 1 aromatic rings. The molecule has 2 heterocycles. The average molecular weight is 393 g/mol. The van der Waals surface area contributed by atoms with Crippen molar-refractivity contribution in [3.8, 4) is 5.88 Å².